The first kappa shape index (κ1) is 9.72. The molecule has 0 spiro atoms. The lowest BCUT2D eigenvalue weighted by Crippen LogP contribution is -1.92. The van der Waals surface area contributed by atoms with Crippen LogP contribution in [0.1, 0.15) is 0 Å². The van der Waals surface area contributed by atoms with Gasteiger partial charge < -0.3 is 16.2 Å². The molecule has 0 aliphatic rings. The highest BCUT2D eigenvalue weighted by atomic mass is 32.1. The summed E-state index contributed by atoms with van der Waals surface area (Å²) in [6.07, 6.45) is 0. The molecule has 2 aromatic rings. The molecule has 1 aromatic heterocycles. The van der Waals surface area contributed by atoms with E-state index in [-0.39, 0.29) is 0 Å². The number of rotatable bonds is 2. The standard InChI is InChI=1S/C9H10N4OS/c1-14-7-4-5(2-3-6(7)10)8-12-13-9(11)15-8/h2-4H,10H2,1H3,(H2,11,13). The van der Waals surface area contributed by atoms with Crippen molar-refractivity contribution in [3.05, 3.63) is 18.2 Å². The number of anilines is 2. The first-order valence-corrected chi connectivity index (χ1v) is 5.05. The summed E-state index contributed by atoms with van der Waals surface area (Å²) in [5.74, 6) is 0.626. The average Bonchev–Trinajstić information content (AvgIpc) is 2.66. The SMILES string of the molecule is COc1cc(-c2nnc(N)s2)ccc1N. The quantitative estimate of drug-likeness (QED) is 0.749. The van der Waals surface area contributed by atoms with E-state index in [1.165, 1.54) is 11.3 Å². The molecule has 0 saturated heterocycles. The summed E-state index contributed by atoms with van der Waals surface area (Å²) in [4.78, 5) is 0. The Morgan fingerprint density at radius 2 is 2.07 bits per heavy atom. The van der Waals surface area contributed by atoms with Gasteiger partial charge in [-0.05, 0) is 18.2 Å². The maximum Gasteiger partial charge on any atom is 0.203 e. The minimum absolute atomic E-state index is 0.445. The molecular formula is C9H10N4OS. The van der Waals surface area contributed by atoms with Crippen molar-refractivity contribution in [2.45, 2.75) is 0 Å². The largest absolute Gasteiger partial charge is 0.495 e. The topological polar surface area (TPSA) is 87.0 Å². The van der Waals surface area contributed by atoms with Crippen LogP contribution in [-0.2, 0) is 0 Å². The zero-order valence-corrected chi connectivity index (χ0v) is 8.91. The third-order valence-electron chi connectivity index (χ3n) is 1.92. The van der Waals surface area contributed by atoms with Crippen LogP contribution in [0.3, 0.4) is 0 Å². The first-order chi connectivity index (χ1) is 7.20. The molecule has 0 aliphatic carbocycles. The Bertz CT molecular complexity index is 483. The second-order valence-electron chi connectivity index (χ2n) is 2.90. The minimum Gasteiger partial charge on any atom is -0.495 e. The van der Waals surface area contributed by atoms with Crippen molar-refractivity contribution in [3.63, 3.8) is 0 Å². The number of hydrogen-bond acceptors (Lipinski definition) is 6. The van der Waals surface area contributed by atoms with Crippen LogP contribution >= 0.6 is 11.3 Å². The van der Waals surface area contributed by atoms with Crippen LogP contribution in [0.15, 0.2) is 18.2 Å². The van der Waals surface area contributed by atoms with Gasteiger partial charge in [-0.3, -0.25) is 0 Å². The van der Waals surface area contributed by atoms with Gasteiger partial charge in [0.1, 0.15) is 10.8 Å². The highest BCUT2D eigenvalue weighted by molar-refractivity contribution is 7.18. The number of hydrogen-bond donors (Lipinski definition) is 2. The van der Waals surface area contributed by atoms with Crippen LogP contribution < -0.4 is 16.2 Å². The molecule has 0 radical (unpaired) electrons. The molecule has 4 N–H and O–H groups in total. The van der Waals surface area contributed by atoms with Gasteiger partial charge in [0, 0.05) is 5.56 Å². The van der Waals surface area contributed by atoms with Crippen LogP contribution in [0.2, 0.25) is 0 Å². The monoisotopic (exact) mass is 222 g/mol. The molecule has 5 nitrogen and oxygen atoms in total. The first-order valence-electron chi connectivity index (χ1n) is 4.23. The molecule has 0 fully saturated rings. The van der Waals surface area contributed by atoms with E-state index < -0.39 is 0 Å². The Morgan fingerprint density at radius 1 is 1.27 bits per heavy atom. The van der Waals surface area contributed by atoms with E-state index in [4.69, 9.17) is 16.2 Å². The maximum absolute atomic E-state index is 5.70. The van der Waals surface area contributed by atoms with Gasteiger partial charge in [-0.2, -0.15) is 0 Å². The lowest BCUT2D eigenvalue weighted by Gasteiger charge is -2.04. The van der Waals surface area contributed by atoms with Crippen molar-refractivity contribution in [3.8, 4) is 16.3 Å². The van der Waals surface area contributed by atoms with Crippen molar-refractivity contribution >= 4 is 22.2 Å². The second kappa shape index (κ2) is 3.74. The fourth-order valence-electron chi connectivity index (χ4n) is 1.20. The number of nitrogens with zero attached hydrogens (tertiary/aromatic N) is 2. The fraction of sp³-hybridized carbons (Fsp3) is 0.111. The highest BCUT2D eigenvalue weighted by Gasteiger charge is 2.07. The average molecular weight is 222 g/mol. The van der Waals surface area contributed by atoms with E-state index in [2.05, 4.69) is 10.2 Å². The van der Waals surface area contributed by atoms with Gasteiger partial charge in [0.2, 0.25) is 5.13 Å². The van der Waals surface area contributed by atoms with E-state index >= 15 is 0 Å². The van der Waals surface area contributed by atoms with Gasteiger partial charge in [0.05, 0.1) is 12.8 Å². The van der Waals surface area contributed by atoms with E-state index in [1.807, 2.05) is 12.1 Å². The number of benzene rings is 1. The number of nitrogen functional groups attached to an aromatic ring is 2. The molecule has 0 bridgehead atoms. The van der Waals surface area contributed by atoms with Gasteiger partial charge >= 0.3 is 0 Å². The Morgan fingerprint density at radius 3 is 2.67 bits per heavy atom. The molecule has 6 heteroatoms. The van der Waals surface area contributed by atoms with Crippen molar-refractivity contribution < 1.29 is 4.74 Å². The second-order valence-corrected chi connectivity index (χ2v) is 3.91. The molecule has 0 aliphatic heterocycles. The highest BCUT2D eigenvalue weighted by Crippen LogP contribution is 2.30. The molecule has 1 aromatic carbocycles. The van der Waals surface area contributed by atoms with Crippen LogP contribution in [0.5, 0.6) is 5.75 Å². The summed E-state index contributed by atoms with van der Waals surface area (Å²) >= 11 is 1.33. The van der Waals surface area contributed by atoms with Gasteiger partial charge in [0.25, 0.3) is 0 Å². The van der Waals surface area contributed by atoms with E-state index in [9.17, 15) is 0 Å². The lowest BCUT2D eigenvalue weighted by molar-refractivity contribution is 0.417. The summed E-state index contributed by atoms with van der Waals surface area (Å²) in [5, 5.41) is 8.88. The van der Waals surface area contributed by atoms with E-state index in [0.717, 1.165) is 10.6 Å². The van der Waals surface area contributed by atoms with Crippen LogP contribution in [0, 0.1) is 0 Å². The summed E-state index contributed by atoms with van der Waals surface area (Å²) < 4.78 is 5.11. The van der Waals surface area contributed by atoms with Gasteiger partial charge in [-0.1, -0.05) is 11.3 Å². The Kier molecular flexibility index (Phi) is 2.42. The number of ether oxygens (including phenoxy) is 1. The summed E-state index contributed by atoms with van der Waals surface area (Å²) in [6.45, 7) is 0. The predicted octanol–water partition coefficient (Wildman–Crippen LogP) is 1.38. The van der Waals surface area contributed by atoms with Crippen molar-refractivity contribution in [2.24, 2.45) is 0 Å². The van der Waals surface area contributed by atoms with Crippen LogP contribution in [-0.4, -0.2) is 17.3 Å². The lowest BCUT2D eigenvalue weighted by atomic mass is 10.2. The molecule has 0 saturated carbocycles. The summed E-state index contributed by atoms with van der Waals surface area (Å²) in [5.41, 5.74) is 12.7. The number of nitrogens with two attached hydrogens (primary N) is 2. The Balaban J connectivity index is 2.45. The minimum atomic E-state index is 0.445. The van der Waals surface area contributed by atoms with Crippen molar-refractivity contribution in [1.82, 2.24) is 10.2 Å². The van der Waals surface area contributed by atoms with Crippen molar-refractivity contribution in [1.29, 1.82) is 0 Å². The summed E-state index contributed by atoms with van der Waals surface area (Å²) in [7, 11) is 1.57. The molecule has 0 atom stereocenters. The Hall–Kier alpha value is -1.82. The van der Waals surface area contributed by atoms with Crippen LogP contribution in [0.25, 0.3) is 10.6 Å². The van der Waals surface area contributed by atoms with Gasteiger partial charge in [0.15, 0.2) is 0 Å². The van der Waals surface area contributed by atoms with Gasteiger partial charge in [-0.15, -0.1) is 10.2 Å². The Labute approximate surface area is 90.7 Å². The molecule has 0 amide bonds. The zero-order chi connectivity index (χ0) is 10.8. The molecule has 2 rings (SSSR count). The van der Waals surface area contributed by atoms with E-state index in [1.54, 1.807) is 13.2 Å². The summed E-state index contributed by atoms with van der Waals surface area (Å²) in [6, 6.07) is 5.44. The molecule has 1 heterocycles. The fourth-order valence-corrected chi connectivity index (χ4v) is 1.80. The smallest absolute Gasteiger partial charge is 0.203 e. The molecular weight excluding hydrogens is 212 g/mol. The zero-order valence-electron chi connectivity index (χ0n) is 8.10. The number of methoxy groups -OCH3 is 1. The van der Waals surface area contributed by atoms with Crippen molar-refractivity contribution in [2.75, 3.05) is 18.6 Å². The van der Waals surface area contributed by atoms with Crippen LogP contribution in [0.4, 0.5) is 10.8 Å². The molecule has 0 unspecified atom stereocenters. The molecule has 15 heavy (non-hydrogen) atoms. The predicted molar refractivity (Wildman–Crippen MR) is 60.7 cm³/mol. The third-order valence-corrected chi connectivity index (χ3v) is 2.72. The number of aromatic nitrogens is 2. The van der Waals surface area contributed by atoms with Gasteiger partial charge in [-0.25, -0.2) is 0 Å². The third kappa shape index (κ3) is 1.84. The maximum atomic E-state index is 5.70. The van der Waals surface area contributed by atoms with E-state index in [0.29, 0.717) is 16.6 Å². The molecule has 78 valence electrons. The normalized spacial score (nSPS) is 10.2.